The van der Waals surface area contributed by atoms with Gasteiger partial charge in [0.05, 0.1) is 12.0 Å². The first-order valence-electron chi connectivity index (χ1n) is 17.9. The van der Waals surface area contributed by atoms with Crippen LogP contribution in [0.15, 0.2) is 11.6 Å². The molecule has 0 saturated heterocycles. The monoisotopic (exact) mass is 648 g/mol. The van der Waals surface area contributed by atoms with Crippen molar-refractivity contribution in [1.29, 1.82) is 0 Å². The van der Waals surface area contributed by atoms with Crippen molar-refractivity contribution in [2.75, 3.05) is 0 Å². The highest BCUT2D eigenvalue weighted by Crippen LogP contribution is 2.68. The third-order valence-corrected chi connectivity index (χ3v) is 14.8. The van der Waals surface area contributed by atoms with E-state index in [1.807, 2.05) is 0 Å². The number of fused-ring (bicyclic) bond motifs is 5. The number of carbonyl (C=O) groups is 1. The zero-order chi connectivity index (χ0) is 32.2. The van der Waals surface area contributed by atoms with Gasteiger partial charge in [0.1, 0.15) is 0 Å². The quantitative estimate of drug-likeness (QED) is 0.165. The summed E-state index contributed by atoms with van der Waals surface area (Å²) in [6.45, 7) is 30.3. The van der Waals surface area contributed by atoms with Crippen LogP contribution in [0.4, 0.5) is 0 Å². The summed E-state index contributed by atoms with van der Waals surface area (Å²) in [4.78, 5) is 12.6. The van der Waals surface area contributed by atoms with Gasteiger partial charge in [-0.05, 0) is 151 Å². The summed E-state index contributed by atoms with van der Waals surface area (Å²) in [5.41, 5.74) is 2.36. The van der Waals surface area contributed by atoms with E-state index in [0.717, 1.165) is 37.0 Å². The lowest BCUT2D eigenvalue weighted by Crippen LogP contribution is -2.57. The van der Waals surface area contributed by atoms with Crippen LogP contribution in [-0.4, -0.2) is 43.1 Å². The molecule has 0 aromatic carbocycles. The van der Waals surface area contributed by atoms with E-state index in [1.54, 1.807) is 5.57 Å². The summed E-state index contributed by atoms with van der Waals surface area (Å²) >= 11 is 0. The number of carbonyl (C=O) groups excluding carboxylic acids is 1. The largest absolute Gasteiger partial charge is 0.520 e. The van der Waals surface area contributed by atoms with E-state index in [0.29, 0.717) is 28.8 Å². The highest BCUT2D eigenvalue weighted by molar-refractivity contribution is 6.71. The van der Waals surface area contributed by atoms with Gasteiger partial charge in [-0.2, -0.15) is 0 Å². The van der Waals surface area contributed by atoms with Gasteiger partial charge < -0.3 is 13.3 Å². The first-order chi connectivity index (χ1) is 19.6. The Morgan fingerprint density at radius 3 is 2.09 bits per heavy atom. The van der Waals surface area contributed by atoms with Gasteiger partial charge >= 0.3 is 0 Å². The van der Waals surface area contributed by atoms with Gasteiger partial charge in [0.15, 0.2) is 16.6 Å². The van der Waals surface area contributed by atoms with E-state index in [2.05, 4.69) is 92.7 Å². The maximum absolute atomic E-state index is 12.6. The van der Waals surface area contributed by atoms with Gasteiger partial charge in [-0.25, -0.2) is 0 Å². The smallest absolute Gasteiger partial charge is 0.295 e. The molecule has 0 amide bonds. The maximum atomic E-state index is 12.6. The summed E-state index contributed by atoms with van der Waals surface area (Å²) < 4.78 is 19.7. The van der Waals surface area contributed by atoms with Crippen LogP contribution >= 0.6 is 0 Å². The van der Waals surface area contributed by atoms with Crippen molar-refractivity contribution < 1.29 is 18.1 Å². The molecule has 0 aromatic rings. The van der Waals surface area contributed by atoms with Crippen molar-refractivity contribution in [3.05, 3.63) is 11.6 Å². The molecule has 4 rings (SSSR count). The second-order valence-electron chi connectivity index (χ2n) is 18.8. The van der Waals surface area contributed by atoms with Crippen molar-refractivity contribution in [3.8, 4) is 0 Å². The Morgan fingerprint density at radius 2 is 1.49 bits per heavy atom. The third-order valence-electron chi connectivity index (χ3n) is 11.9. The molecule has 0 bridgehead atoms. The Morgan fingerprint density at radius 1 is 0.837 bits per heavy atom. The summed E-state index contributed by atoms with van der Waals surface area (Å²) in [7, 11) is -5.11. The van der Waals surface area contributed by atoms with Crippen LogP contribution in [0.25, 0.3) is 0 Å². The van der Waals surface area contributed by atoms with Gasteiger partial charge in [0.25, 0.3) is 5.97 Å². The van der Waals surface area contributed by atoms with E-state index in [9.17, 15) is 4.79 Å². The molecule has 3 saturated carbocycles. The van der Waals surface area contributed by atoms with E-state index in [-0.39, 0.29) is 18.0 Å². The van der Waals surface area contributed by atoms with Gasteiger partial charge in [0.2, 0.25) is 8.32 Å². The molecule has 5 unspecified atom stereocenters. The molecular weight excluding hydrogens is 581 g/mol. The summed E-state index contributed by atoms with van der Waals surface area (Å²) in [5.74, 6) is 3.61. The molecular formula is C36H68O4Si3. The van der Waals surface area contributed by atoms with Crippen LogP contribution in [0.2, 0.25) is 58.9 Å². The third kappa shape index (κ3) is 8.20. The van der Waals surface area contributed by atoms with E-state index in [4.69, 9.17) is 13.3 Å². The second kappa shape index (κ2) is 12.8. The zero-order valence-electron chi connectivity index (χ0n) is 30.4. The summed E-state index contributed by atoms with van der Waals surface area (Å²) in [6, 6.07) is 0. The van der Waals surface area contributed by atoms with Gasteiger partial charge in [-0.15, -0.1) is 0 Å². The highest BCUT2D eigenvalue weighted by atomic mass is 28.4. The number of hydrogen-bond donors (Lipinski definition) is 0. The van der Waals surface area contributed by atoms with Crippen LogP contribution < -0.4 is 0 Å². The Balaban J connectivity index is 1.50. The lowest BCUT2D eigenvalue weighted by Gasteiger charge is -2.61. The van der Waals surface area contributed by atoms with Gasteiger partial charge in [-0.3, -0.25) is 4.79 Å². The minimum atomic E-state index is -1.83. The first-order valence-corrected chi connectivity index (χ1v) is 28.1. The van der Waals surface area contributed by atoms with E-state index >= 15 is 0 Å². The molecule has 7 heteroatoms. The molecule has 4 nitrogen and oxygen atoms in total. The number of rotatable bonds is 11. The Hall–Kier alpha value is -0.219. The molecule has 0 radical (unpaired) electrons. The average molecular weight is 649 g/mol. The summed E-state index contributed by atoms with van der Waals surface area (Å²) in [5, 5.41) is 0. The molecule has 3 fully saturated rings. The zero-order valence-corrected chi connectivity index (χ0v) is 33.4. The van der Waals surface area contributed by atoms with Gasteiger partial charge in [-0.1, -0.05) is 52.2 Å². The van der Waals surface area contributed by atoms with Gasteiger partial charge in [0, 0.05) is 6.10 Å². The molecule has 4 aliphatic carbocycles. The second-order valence-corrected chi connectivity index (χ2v) is 32.1. The SMILES string of the molecule is CC(CCCC(C)[C@H]1CCC2C3C(CC[C@@]21C)[C@@]1(C)CC[C@H](O[Si](C)(C)C)CC1=C[C@H]3O[Si](C)(C)C)C(=O)O[Si](C)(C)C. The average Bonchev–Trinajstić information content (AvgIpc) is 3.19. The topological polar surface area (TPSA) is 44.8 Å². The highest BCUT2D eigenvalue weighted by Gasteiger charge is 2.61. The van der Waals surface area contributed by atoms with Crippen LogP contribution in [-0.2, 0) is 18.1 Å². The van der Waals surface area contributed by atoms with Crippen LogP contribution in [0, 0.1) is 46.3 Å². The molecule has 0 heterocycles. The Labute approximate surface area is 269 Å². The summed E-state index contributed by atoms with van der Waals surface area (Å²) in [6.07, 6.45) is 15.6. The lowest BCUT2D eigenvalue weighted by molar-refractivity contribution is -0.139. The minimum Gasteiger partial charge on any atom is -0.520 e. The van der Waals surface area contributed by atoms with Crippen LogP contribution in [0.3, 0.4) is 0 Å². The predicted molar refractivity (Wildman–Crippen MR) is 189 cm³/mol. The number of hydrogen-bond acceptors (Lipinski definition) is 4. The fraction of sp³-hybridized carbons (Fsp3) is 0.917. The van der Waals surface area contributed by atoms with E-state index < -0.39 is 25.0 Å². The predicted octanol–water partition coefficient (Wildman–Crippen LogP) is 10.4. The molecule has 10 atom stereocenters. The van der Waals surface area contributed by atoms with Crippen molar-refractivity contribution in [3.63, 3.8) is 0 Å². The Bertz CT molecular complexity index is 1020. The van der Waals surface area contributed by atoms with Crippen LogP contribution in [0.5, 0.6) is 0 Å². The lowest BCUT2D eigenvalue weighted by atomic mass is 9.46. The van der Waals surface area contributed by atoms with Crippen LogP contribution in [0.1, 0.15) is 91.9 Å². The van der Waals surface area contributed by atoms with Crippen molar-refractivity contribution >= 4 is 30.9 Å². The first kappa shape index (κ1) is 35.6. The van der Waals surface area contributed by atoms with Crippen molar-refractivity contribution in [2.24, 2.45) is 46.3 Å². The molecule has 43 heavy (non-hydrogen) atoms. The minimum absolute atomic E-state index is 0.0101. The maximum Gasteiger partial charge on any atom is 0.295 e. The molecule has 248 valence electrons. The standard InChI is InChI=1S/C36H68O4Si3/c1-25(15-14-16-26(2)34(37)40-43(11,12)13)29-17-18-30-33-31(20-22-36(29,30)4)35(3)21-19-28(38-41(5,6)7)23-27(35)24-32(33)39-42(8,9)10/h24-26,28-33H,14-23H2,1-13H3/t25?,26?,28-,29+,30?,31?,32+,33?,35-,36+/m0/s1. The molecule has 0 spiro atoms. The van der Waals surface area contributed by atoms with E-state index in [1.165, 1.54) is 44.9 Å². The fourth-order valence-corrected chi connectivity index (χ4v) is 13.2. The fourth-order valence-electron chi connectivity index (χ4n) is 10.2. The van der Waals surface area contributed by atoms with Crippen molar-refractivity contribution in [1.82, 2.24) is 0 Å². The Kier molecular flexibility index (Phi) is 10.6. The van der Waals surface area contributed by atoms with Crippen molar-refractivity contribution in [2.45, 2.75) is 163 Å². The molecule has 0 N–H and O–H groups in total. The molecule has 0 aliphatic heterocycles. The normalized spacial score (nSPS) is 37.9. The molecule has 0 aromatic heterocycles. The molecule has 4 aliphatic rings.